The smallest absolute Gasteiger partial charge is 0.213 e. The van der Waals surface area contributed by atoms with E-state index in [1.165, 1.54) is 12.8 Å². The number of hydrogen-bond donors (Lipinski definition) is 2. The molecule has 1 aliphatic heterocycles. The van der Waals surface area contributed by atoms with Crippen LogP contribution in [0.15, 0.2) is 41.5 Å². The van der Waals surface area contributed by atoms with E-state index in [9.17, 15) is 0 Å². The first-order chi connectivity index (χ1) is 13.8. The van der Waals surface area contributed by atoms with Gasteiger partial charge >= 0.3 is 0 Å². The summed E-state index contributed by atoms with van der Waals surface area (Å²) in [5, 5.41) is 3.09. The van der Waals surface area contributed by atoms with Gasteiger partial charge in [-0.3, -0.25) is 0 Å². The van der Waals surface area contributed by atoms with Gasteiger partial charge in [-0.25, -0.2) is 9.98 Å². The van der Waals surface area contributed by atoms with Crippen LogP contribution >= 0.6 is 24.0 Å². The lowest BCUT2D eigenvalue weighted by molar-refractivity contribution is 0.201. The molecule has 0 radical (unpaired) electrons. The van der Waals surface area contributed by atoms with Crippen LogP contribution in [0, 0.1) is 0 Å². The number of nitrogens with one attached hydrogen (secondary N) is 1. The van der Waals surface area contributed by atoms with Gasteiger partial charge in [0.1, 0.15) is 6.10 Å². The molecule has 3 N–H and O–H groups in total. The molecule has 0 bridgehead atoms. The van der Waals surface area contributed by atoms with Crippen molar-refractivity contribution >= 4 is 35.6 Å². The number of aromatic nitrogens is 1. The fourth-order valence-corrected chi connectivity index (χ4v) is 3.36. The molecule has 2 aromatic rings. The molecule has 1 aliphatic carbocycles. The van der Waals surface area contributed by atoms with Crippen LogP contribution < -0.4 is 25.3 Å². The number of rotatable bonds is 5. The third-order valence-corrected chi connectivity index (χ3v) is 4.84. The van der Waals surface area contributed by atoms with E-state index in [2.05, 4.69) is 15.3 Å². The van der Waals surface area contributed by atoms with Gasteiger partial charge < -0.3 is 25.3 Å². The molecule has 1 saturated carbocycles. The quantitative estimate of drug-likeness (QED) is 0.358. The van der Waals surface area contributed by atoms with Crippen LogP contribution in [-0.4, -0.2) is 30.3 Å². The summed E-state index contributed by atoms with van der Waals surface area (Å²) in [5.74, 6) is 2.49. The molecule has 0 amide bonds. The Bertz CT molecular complexity index is 823. The second-order valence-electron chi connectivity index (χ2n) is 7.07. The Labute approximate surface area is 188 Å². The molecular weight excluding hydrogens is 483 g/mol. The summed E-state index contributed by atoms with van der Waals surface area (Å²) < 4.78 is 17.2. The molecule has 8 heteroatoms. The van der Waals surface area contributed by atoms with Gasteiger partial charge in [0.25, 0.3) is 0 Å². The standard InChI is InChI=1S/C21H26N4O3.HI/c22-21(25-16-7-8-18-19(12-16)27-11-3-10-26-18)24-14-15-6-9-20(23-13-15)28-17-4-1-2-5-17;/h6-9,12-13,17H,1-5,10-11,14H2,(H3,22,24,25);1H. The minimum atomic E-state index is 0. The third-order valence-electron chi connectivity index (χ3n) is 4.84. The number of aliphatic imine (C=N–C) groups is 1. The normalized spacial score (nSPS) is 16.6. The highest BCUT2D eigenvalue weighted by Crippen LogP contribution is 2.32. The van der Waals surface area contributed by atoms with E-state index < -0.39 is 0 Å². The van der Waals surface area contributed by atoms with Crippen LogP contribution in [0.25, 0.3) is 0 Å². The maximum absolute atomic E-state index is 6.02. The molecule has 0 atom stereocenters. The number of anilines is 1. The van der Waals surface area contributed by atoms with Crippen LogP contribution in [0.4, 0.5) is 5.69 Å². The van der Waals surface area contributed by atoms with Crippen LogP contribution in [0.1, 0.15) is 37.7 Å². The van der Waals surface area contributed by atoms with Crippen molar-refractivity contribution in [3.8, 4) is 17.4 Å². The molecule has 29 heavy (non-hydrogen) atoms. The third kappa shape index (κ3) is 6.12. The second kappa shape index (κ2) is 10.5. The van der Waals surface area contributed by atoms with Crippen LogP contribution in [-0.2, 0) is 6.54 Å². The molecule has 4 rings (SSSR count). The van der Waals surface area contributed by atoms with Gasteiger partial charge in [0.15, 0.2) is 17.5 Å². The highest BCUT2D eigenvalue weighted by Gasteiger charge is 2.16. The average molecular weight is 510 g/mol. The topological polar surface area (TPSA) is 91.0 Å². The van der Waals surface area contributed by atoms with Gasteiger partial charge in [-0.2, -0.15) is 0 Å². The first-order valence-corrected chi connectivity index (χ1v) is 9.84. The summed E-state index contributed by atoms with van der Waals surface area (Å²) in [6.07, 6.45) is 7.70. The first-order valence-electron chi connectivity index (χ1n) is 9.84. The van der Waals surface area contributed by atoms with Crippen molar-refractivity contribution in [3.05, 3.63) is 42.1 Å². The summed E-state index contributed by atoms with van der Waals surface area (Å²) in [7, 11) is 0. The molecule has 156 valence electrons. The van der Waals surface area contributed by atoms with E-state index >= 15 is 0 Å². The molecule has 2 heterocycles. The van der Waals surface area contributed by atoms with Crippen LogP contribution in [0.3, 0.4) is 0 Å². The Kier molecular flexibility index (Phi) is 7.79. The average Bonchev–Trinajstić information content (AvgIpc) is 3.10. The number of nitrogens with zero attached hydrogens (tertiary/aromatic N) is 2. The molecule has 1 aromatic heterocycles. The van der Waals surface area contributed by atoms with Crippen LogP contribution in [0.5, 0.6) is 17.4 Å². The Morgan fingerprint density at radius 1 is 1.10 bits per heavy atom. The lowest BCUT2D eigenvalue weighted by Gasteiger charge is -2.12. The highest BCUT2D eigenvalue weighted by atomic mass is 127. The largest absolute Gasteiger partial charge is 0.490 e. The van der Waals surface area contributed by atoms with Crippen molar-refractivity contribution in [1.82, 2.24) is 4.98 Å². The van der Waals surface area contributed by atoms with Crippen LogP contribution in [0.2, 0.25) is 0 Å². The summed E-state index contributed by atoms with van der Waals surface area (Å²) in [6, 6.07) is 9.52. The zero-order chi connectivity index (χ0) is 19.2. The van der Waals surface area contributed by atoms with Crippen molar-refractivity contribution in [3.63, 3.8) is 0 Å². The van der Waals surface area contributed by atoms with Gasteiger partial charge in [-0.05, 0) is 43.4 Å². The number of guanidine groups is 1. The van der Waals surface area contributed by atoms with Gasteiger partial charge in [-0.15, -0.1) is 24.0 Å². The number of halogens is 1. The van der Waals surface area contributed by atoms with Gasteiger partial charge in [0.05, 0.1) is 19.8 Å². The molecule has 0 saturated heterocycles. The number of nitrogens with two attached hydrogens (primary N) is 1. The van der Waals surface area contributed by atoms with E-state index in [1.54, 1.807) is 6.20 Å². The number of ether oxygens (including phenoxy) is 3. The lowest BCUT2D eigenvalue weighted by atomic mass is 10.2. The number of benzene rings is 1. The van der Waals surface area contributed by atoms with Crippen molar-refractivity contribution in [2.24, 2.45) is 10.7 Å². The van der Waals surface area contributed by atoms with E-state index in [0.29, 0.717) is 37.7 Å². The summed E-state index contributed by atoms with van der Waals surface area (Å²) >= 11 is 0. The first kappa shape index (κ1) is 21.5. The zero-order valence-electron chi connectivity index (χ0n) is 16.3. The van der Waals surface area contributed by atoms with E-state index in [-0.39, 0.29) is 24.0 Å². The molecule has 0 spiro atoms. The Morgan fingerprint density at radius 3 is 2.66 bits per heavy atom. The molecule has 1 aromatic carbocycles. The number of fused-ring (bicyclic) bond motifs is 1. The molecular formula is C21H27IN4O3. The monoisotopic (exact) mass is 510 g/mol. The van der Waals surface area contributed by atoms with Crippen molar-refractivity contribution in [2.75, 3.05) is 18.5 Å². The van der Waals surface area contributed by atoms with E-state index in [1.807, 2.05) is 30.3 Å². The highest BCUT2D eigenvalue weighted by molar-refractivity contribution is 14.0. The van der Waals surface area contributed by atoms with Crippen molar-refractivity contribution in [1.29, 1.82) is 0 Å². The summed E-state index contributed by atoms with van der Waals surface area (Å²) in [6.45, 7) is 1.76. The Morgan fingerprint density at radius 2 is 1.90 bits per heavy atom. The molecule has 2 aliphatic rings. The Balaban J connectivity index is 0.00000240. The van der Waals surface area contributed by atoms with E-state index in [4.69, 9.17) is 19.9 Å². The van der Waals surface area contributed by atoms with Crippen molar-refractivity contribution < 1.29 is 14.2 Å². The maximum atomic E-state index is 6.02. The predicted octanol–water partition coefficient (Wildman–Crippen LogP) is 4.11. The fourth-order valence-electron chi connectivity index (χ4n) is 3.36. The van der Waals surface area contributed by atoms with Crippen molar-refractivity contribution in [2.45, 2.75) is 44.8 Å². The molecule has 0 unspecified atom stereocenters. The summed E-state index contributed by atoms with van der Waals surface area (Å²) in [5.41, 5.74) is 7.80. The van der Waals surface area contributed by atoms with E-state index in [0.717, 1.165) is 42.0 Å². The number of hydrogen-bond acceptors (Lipinski definition) is 5. The zero-order valence-corrected chi connectivity index (χ0v) is 18.6. The lowest BCUT2D eigenvalue weighted by Crippen LogP contribution is -2.22. The number of pyridine rings is 1. The fraction of sp³-hybridized carbons (Fsp3) is 0.429. The minimum Gasteiger partial charge on any atom is -0.490 e. The van der Waals surface area contributed by atoms with Gasteiger partial charge in [0.2, 0.25) is 5.88 Å². The molecule has 7 nitrogen and oxygen atoms in total. The van der Waals surface area contributed by atoms with Gasteiger partial charge in [0, 0.05) is 30.4 Å². The SMILES string of the molecule is I.NC(=NCc1ccc(OC2CCCC2)nc1)Nc1ccc2c(c1)OCCCO2. The maximum Gasteiger partial charge on any atom is 0.213 e. The molecule has 1 fully saturated rings. The summed E-state index contributed by atoms with van der Waals surface area (Å²) in [4.78, 5) is 8.76. The Hall–Kier alpha value is -2.23. The van der Waals surface area contributed by atoms with Gasteiger partial charge in [-0.1, -0.05) is 6.07 Å². The predicted molar refractivity (Wildman–Crippen MR) is 124 cm³/mol. The minimum absolute atomic E-state index is 0. The second-order valence-corrected chi connectivity index (χ2v) is 7.07.